The molecule has 0 spiro atoms. The van der Waals surface area contributed by atoms with Crippen LogP contribution in [-0.4, -0.2) is 25.8 Å². The SMILES string of the molecule is O=C1C=CC=C/C1=N/[Se]Cl. The van der Waals surface area contributed by atoms with Crippen molar-refractivity contribution in [2.75, 3.05) is 0 Å². The van der Waals surface area contributed by atoms with Crippen LogP contribution in [0.3, 0.4) is 0 Å². The van der Waals surface area contributed by atoms with E-state index in [0.717, 1.165) is 0 Å². The van der Waals surface area contributed by atoms with Crippen LogP contribution in [0.2, 0.25) is 0 Å². The fourth-order valence-corrected chi connectivity index (χ4v) is 1.43. The Hall–Kier alpha value is -0.371. The van der Waals surface area contributed by atoms with Crippen molar-refractivity contribution in [1.82, 2.24) is 0 Å². The van der Waals surface area contributed by atoms with Crippen molar-refractivity contribution in [2.45, 2.75) is 0 Å². The van der Waals surface area contributed by atoms with E-state index in [1.807, 2.05) is 0 Å². The summed E-state index contributed by atoms with van der Waals surface area (Å²) >= 11 is -0.333. The molecular weight excluding hydrogens is 216 g/mol. The molecule has 0 fully saturated rings. The summed E-state index contributed by atoms with van der Waals surface area (Å²) in [4.78, 5) is 10.9. The first-order valence-corrected chi connectivity index (χ1v) is 5.61. The van der Waals surface area contributed by atoms with Gasteiger partial charge < -0.3 is 0 Å². The predicted octanol–water partition coefficient (Wildman–Crippen LogP) is 0.895. The van der Waals surface area contributed by atoms with Crippen LogP contribution in [-0.2, 0) is 4.79 Å². The van der Waals surface area contributed by atoms with Gasteiger partial charge in [-0.1, -0.05) is 0 Å². The maximum atomic E-state index is 10.9. The molecule has 1 aliphatic rings. The minimum absolute atomic E-state index is 0.0648. The van der Waals surface area contributed by atoms with Gasteiger partial charge >= 0.3 is 69.0 Å². The average Bonchev–Trinajstić information content (AvgIpc) is 1.94. The molecule has 0 saturated heterocycles. The molecule has 0 radical (unpaired) electrons. The van der Waals surface area contributed by atoms with Crippen LogP contribution in [0.15, 0.2) is 28.3 Å². The van der Waals surface area contributed by atoms with E-state index in [1.165, 1.54) is 6.08 Å². The standard InChI is InChI=1S/C6H4ClNOSe/c7-10-8-5-3-1-2-4-6(5)9/h1-4H/b8-5-. The van der Waals surface area contributed by atoms with Gasteiger partial charge in [-0.3, -0.25) is 0 Å². The van der Waals surface area contributed by atoms with Gasteiger partial charge in [-0.25, -0.2) is 0 Å². The molecule has 0 heterocycles. The zero-order valence-corrected chi connectivity index (χ0v) is 7.42. The summed E-state index contributed by atoms with van der Waals surface area (Å²) in [5.41, 5.74) is 0.456. The minimum atomic E-state index is -0.333. The third-order valence-electron chi connectivity index (χ3n) is 0.998. The van der Waals surface area contributed by atoms with Gasteiger partial charge in [-0.05, 0) is 0 Å². The summed E-state index contributed by atoms with van der Waals surface area (Å²) in [6.45, 7) is 0. The van der Waals surface area contributed by atoms with Crippen LogP contribution in [0.5, 0.6) is 0 Å². The summed E-state index contributed by atoms with van der Waals surface area (Å²) in [5.74, 6) is -0.0648. The molecule has 4 heteroatoms. The fraction of sp³-hybridized carbons (Fsp3) is 0. The second kappa shape index (κ2) is 3.71. The number of hydrogen-bond acceptors (Lipinski definition) is 2. The maximum absolute atomic E-state index is 10.9. The molecule has 0 saturated carbocycles. The quantitative estimate of drug-likeness (QED) is 0.477. The summed E-state index contributed by atoms with van der Waals surface area (Å²) < 4.78 is 3.82. The summed E-state index contributed by atoms with van der Waals surface area (Å²) in [7, 11) is 5.36. The number of carbonyl (C=O) groups is 1. The molecule has 0 N–H and O–H groups in total. The van der Waals surface area contributed by atoms with Crippen LogP contribution in [0.25, 0.3) is 0 Å². The Balaban J connectivity index is 2.80. The van der Waals surface area contributed by atoms with Crippen LogP contribution >= 0.6 is 10.1 Å². The van der Waals surface area contributed by atoms with E-state index >= 15 is 0 Å². The van der Waals surface area contributed by atoms with Crippen molar-refractivity contribution in [3.63, 3.8) is 0 Å². The van der Waals surface area contributed by atoms with E-state index in [0.29, 0.717) is 5.71 Å². The van der Waals surface area contributed by atoms with Gasteiger partial charge in [0.1, 0.15) is 0 Å². The molecule has 10 heavy (non-hydrogen) atoms. The summed E-state index contributed by atoms with van der Waals surface area (Å²) in [5, 5.41) is 0. The van der Waals surface area contributed by atoms with Gasteiger partial charge in [0.2, 0.25) is 0 Å². The number of carbonyl (C=O) groups excluding carboxylic acids is 1. The molecule has 1 aliphatic carbocycles. The number of ketones is 1. The Kier molecular flexibility index (Phi) is 2.87. The average molecular weight is 221 g/mol. The third-order valence-corrected chi connectivity index (χ3v) is 1.91. The van der Waals surface area contributed by atoms with E-state index < -0.39 is 0 Å². The van der Waals surface area contributed by atoms with Gasteiger partial charge in [0.15, 0.2) is 0 Å². The second-order valence-electron chi connectivity index (χ2n) is 1.63. The van der Waals surface area contributed by atoms with Crippen LogP contribution in [0.4, 0.5) is 0 Å². The first-order valence-electron chi connectivity index (χ1n) is 2.59. The fourth-order valence-electron chi connectivity index (χ4n) is 0.570. The zero-order chi connectivity index (χ0) is 7.40. The Morgan fingerprint density at radius 3 is 2.70 bits per heavy atom. The number of hydrogen-bond donors (Lipinski definition) is 0. The number of halogens is 1. The predicted molar refractivity (Wildman–Crippen MR) is 42.3 cm³/mol. The molecule has 1 rings (SSSR count). The van der Waals surface area contributed by atoms with Gasteiger partial charge in [0.05, 0.1) is 0 Å². The number of rotatable bonds is 1. The molecule has 0 aromatic heterocycles. The van der Waals surface area contributed by atoms with Crippen LogP contribution < -0.4 is 0 Å². The molecule has 0 bridgehead atoms. The van der Waals surface area contributed by atoms with E-state index in [4.69, 9.17) is 10.1 Å². The molecule has 0 atom stereocenters. The van der Waals surface area contributed by atoms with Gasteiger partial charge in [-0.2, -0.15) is 0 Å². The van der Waals surface area contributed by atoms with E-state index in [2.05, 4.69) is 4.01 Å². The first-order chi connectivity index (χ1) is 4.84. The van der Waals surface area contributed by atoms with Crippen molar-refractivity contribution >= 4 is 35.9 Å². The Morgan fingerprint density at radius 2 is 2.10 bits per heavy atom. The molecule has 2 nitrogen and oxygen atoms in total. The van der Waals surface area contributed by atoms with E-state index in [9.17, 15) is 4.79 Å². The Bertz CT molecular complexity index is 232. The summed E-state index contributed by atoms with van der Waals surface area (Å²) in [6.07, 6.45) is 6.58. The summed E-state index contributed by atoms with van der Waals surface area (Å²) in [6, 6.07) is 0. The van der Waals surface area contributed by atoms with Crippen molar-refractivity contribution in [2.24, 2.45) is 4.01 Å². The van der Waals surface area contributed by atoms with E-state index in [-0.39, 0.29) is 20.0 Å². The molecular formula is C6H4ClNOSe. The molecule has 0 aromatic carbocycles. The Labute approximate surface area is 69.3 Å². The van der Waals surface area contributed by atoms with Gasteiger partial charge in [0, 0.05) is 0 Å². The Morgan fingerprint density at radius 1 is 1.40 bits per heavy atom. The molecule has 0 amide bonds. The van der Waals surface area contributed by atoms with E-state index in [1.54, 1.807) is 18.2 Å². The number of allylic oxidation sites excluding steroid dienone is 4. The topological polar surface area (TPSA) is 29.4 Å². The molecule has 0 aromatic rings. The zero-order valence-electron chi connectivity index (χ0n) is 4.95. The third kappa shape index (κ3) is 1.81. The van der Waals surface area contributed by atoms with Crippen molar-refractivity contribution < 1.29 is 4.79 Å². The number of nitrogens with zero attached hydrogens (tertiary/aromatic N) is 1. The van der Waals surface area contributed by atoms with Gasteiger partial charge in [-0.15, -0.1) is 0 Å². The van der Waals surface area contributed by atoms with Crippen molar-refractivity contribution in [3.8, 4) is 0 Å². The monoisotopic (exact) mass is 221 g/mol. The van der Waals surface area contributed by atoms with Crippen molar-refractivity contribution in [3.05, 3.63) is 24.3 Å². The van der Waals surface area contributed by atoms with Gasteiger partial charge in [0.25, 0.3) is 0 Å². The normalized spacial score (nSPS) is 20.5. The van der Waals surface area contributed by atoms with Crippen molar-refractivity contribution in [1.29, 1.82) is 0 Å². The molecule has 0 aliphatic heterocycles. The first kappa shape index (κ1) is 7.73. The van der Waals surface area contributed by atoms with Crippen LogP contribution in [0, 0.1) is 0 Å². The second-order valence-corrected chi connectivity index (χ2v) is 3.02. The van der Waals surface area contributed by atoms with Crippen LogP contribution in [0.1, 0.15) is 0 Å². The molecule has 0 unspecified atom stereocenters. The molecule has 52 valence electrons.